The smallest absolute Gasteiger partial charge is 0.321 e. The Labute approximate surface area is 125 Å². The van der Waals surface area contributed by atoms with Crippen LogP contribution in [0.15, 0.2) is 35.6 Å². The van der Waals surface area contributed by atoms with E-state index < -0.39 is 5.92 Å². The van der Waals surface area contributed by atoms with Gasteiger partial charge in [-0.1, -0.05) is 12.1 Å². The van der Waals surface area contributed by atoms with E-state index in [1.807, 2.05) is 31.2 Å². The molecule has 4 nitrogen and oxygen atoms in total. The molecule has 0 bridgehead atoms. The fraction of sp³-hybridized carbons (Fsp3) is 0.471. The maximum atomic E-state index is 12.4. The molecule has 114 valence electrons. The minimum Gasteiger partial charge on any atom is -0.500 e. The molecule has 1 unspecified atom stereocenters. The number of methoxy groups -OCH3 is 2. The first kappa shape index (κ1) is 15.4. The summed E-state index contributed by atoms with van der Waals surface area (Å²) in [5.41, 5.74) is 2.08. The molecule has 1 saturated carbocycles. The molecular formula is C17H22O4. The summed E-state index contributed by atoms with van der Waals surface area (Å²) in [6, 6.07) is 7.47. The number of carbonyl (C=O) groups is 1. The lowest BCUT2D eigenvalue weighted by atomic mass is 9.85. The van der Waals surface area contributed by atoms with Gasteiger partial charge >= 0.3 is 5.97 Å². The number of esters is 1. The van der Waals surface area contributed by atoms with Gasteiger partial charge in [0.25, 0.3) is 0 Å². The van der Waals surface area contributed by atoms with E-state index in [1.165, 1.54) is 5.57 Å². The molecule has 0 heterocycles. The number of ether oxygens (including phenoxy) is 3. The number of hydrogen-bond acceptors (Lipinski definition) is 4. The van der Waals surface area contributed by atoms with E-state index in [0.717, 1.165) is 36.3 Å². The van der Waals surface area contributed by atoms with Gasteiger partial charge in [-0.25, -0.2) is 0 Å². The molecular weight excluding hydrogens is 268 g/mol. The van der Waals surface area contributed by atoms with Crippen LogP contribution in [0.25, 0.3) is 0 Å². The molecule has 0 N–H and O–H groups in total. The van der Waals surface area contributed by atoms with Crippen molar-refractivity contribution in [2.45, 2.75) is 32.1 Å². The van der Waals surface area contributed by atoms with Gasteiger partial charge in [0.2, 0.25) is 0 Å². The van der Waals surface area contributed by atoms with E-state index in [-0.39, 0.29) is 5.97 Å². The van der Waals surface area contributed by atoms with E-state index in [0.29, 0.717) is 6.61 Å². The summed E-state index contributed by atoms with van der Waals surface area (Å²) in [5.74, 6) is 0.747. The second-order valence-corrected chi connectivity index (χ2v) is 4.98. The van der Waals surface area contributed by atoms with E-state index in [1.54, 1.807) is 14.2 Å². The topological polar surface area (TPSA) is 44.8 Å². The van der Waals surface area contributed by atoms with Gasteiger partial charge in [-0.15, -0.1) is 0 Å². The number of benzene rings is 1. The van der Waals surface area contributed by atoms with Crippen LogP contribution in [-0.2, 0) is 14.3 Å². The summed E-state index contributed by atoms with van der Waals surface area (Å²) in [4.78, 5) is 12.4. The lowest BCUT2D eigenvalue weighted by Crippen LogP contribution is -2.21. The summed E-state index contributed by atoms with van der Waals surface area (Å²) in [6.07, 6.45) is 3.14. The molecule has 0 saturated heterocycles. The van der Waals surface area contributed by atoms with Crippen LogP contribution in [0.5, 0.6) is 5.75 Å². The fourth-order valence-corrected chi connectivity index (χ4v) is 2.48. The van der Waals surface area contributed by atoms with Gasteiger partial charge in [-0.05, 0) is 49.5 Å². The van der Waals surface area contributed by atoms with Crippen LogP contribution in [0.1, 0.15) is 37.7 Å². The Balaban J connectivity index is 2.37. The van der Waals surface area contributed by atoms with E-state index in [2.05, 4.69) is 0 Å². The standard InChI is InChI=1S/C17H22O4/c1-4-21-17(18)15(16(20-3)13-6-5-7-13)12-8-10-14(19-2)11-9-12/h8-11,15H,4-7H2,1-3H3. The van der Waals surface area contributed by atoms with E-state index >= 15 is 0 Å². The van der Waals surface area contributed by atoms with Crippen molar-refractivity contribution in [1.82, 2.24) is 0 Å². The number of allylic oxidation sites excluding steroid dienone is 1. The number of carbonyl (C=O) groups excluding carboxylic acids is 1. The van der Waals surface area contributed by atoms with Gasteiger partial charge in [0, 0.05) is 0 Å². The molecule has 0 aromatic heterocycles. The van der Waals surface area contributed by atoms with Crippen LogP contribution in [-0.4, -0.2) is 26.8 Å². The van der Waals surface area contributed by atoms with Gasteiger partial charge in [0.1, 0.15) is 17.4 Å². The largest absolute Gasteiger partial charge is 0.500 e. The molecule has 0 spiro atoms. The molecule has 1 fully saturated rings. The zero-order chi connectivity index (χ0) is 15.2. The van der Waals surface area contributed by atoms with Crippen LogP contribution < -0.4 is 4.74 Å². The lowest BCUT2D eigenvalue weighted by molar-refractivity contribution is -0.144. The number of hydrogen-bond donors (Lipinski definition) is 0. The zero-order valence-electron chi connectivity index (χ0n) is 12.8. The van der Waals surface area contributed by atoms with Crippen molar-refractivity contribution in [3.05, 3.63) is 41.2 Å². The highest BCUT2D eigenvalue weighted by molar-refractivity contribution is 5.81. The van der Waals surface area contributed by atoms with Gasteiger partial charge in [-0.2, -0.15) is 0 Å². The third-order valence-corrected chi connectivity index (χ3v) is 3.76. The summed E-state index contributed by atoms with van der Waals surface area (Å²) < 4.78 is 15.9. The third kappa shape index (κ3) is 3.38. The second-order valence-electron chi connectivity index (χ2n) is 4.98. The predicted molar refractivity (Wildman–Crippen MR) is 80.3 cm³/mol. The summed E-state index contributed by atoms with van der Waals surface area (Å²) in [5, 5.41) is 0. The van der Waals surface area contributed by atoms with Crippen molar-refractivity contribution < 1.29 is 19.0 Å². The molecule has 0 aliphatic heterocycles. The maximum absolute atomic E-state index is 12.4. The van der Waals surface area contributed by atoms with Crippen LogP contribution in [0.3, 0.4) is 0 Å². The van der Waals surface area contributed by atoms with Gasteiger partial charge in [0.05, 0.1) is 20.8 Å². The van der Waals surface area contributed by atoms with Gasteiger partial charge in [0.15, 0.2) is 0 Å². The second kappa shape index (κ2) is 7.16. The molecule has 1 aromatic carbocycles. The van der Waals surface area contributed by atoms with Crippen LogP contribution >= 0.6 is 0 Å². The molecule has 1 aliphatic carbocycles. The van der Waals surface area contributed by atoms with Crippen LogP contribution in [0, 0.1) is 0 Å². The van der Waals surface area contributed by atoms with Crippen molar-refractivity contribution in [2.24, 2.45) is 0 Å². The van der Waals surface area contributed by atoms with Crippen LogP contribution in [0.2, 0.25) is 0 Å². The Hall–Kier alpha value is -1.97. The molecule has 1 aliphatic rings. The van der Waals surface area contributed by atoms with Crippen molar-refractivity contribution in [3.63, 3.8) is 0 Å². The first-order chi connectivity index (χ1) is 10.2. The highest BCUT2D eigenvalue weighted by Gasteiger charge is 2.31. The summed E-state index contributed by atoms with van der Waals surface area (Å²) in [6.45, 7) is 2.17. The average Bonchev–Trinajstić information content (AvgIpc) is 2.45. The molecule has 0 amide bonds. The predicted octanol–water partition coefficient (Wildman–Crippen LogP) is 3.43. The normalized spacial score (nSPS) is 14.9. The van der Waals surface area contributed by atoms with E-state index in [4.69, 9.17) is 14.2 Å². The Bertz CT molecular complexity index is 510. The number of rotatable bonds is 6. The zero-order valence-corrected chi connectivity index (χ0v) is 12.8. The molecule has 1 atom stereocenters. The Morgan fingerprint density at radius 1 is 1.19 bits per heavy atom. The van der Waals surface area contributed by atoms with Crippen LogP contribution in [0.4, 0.5) is 0 Å². The highest BCUT2D eigenvalue weighted by Crippen LogP contribution is 2.37. The first-order valence-electron chi connectivity index (χ1n) is 7.27. The monoisotopic (exact) mass is 290 g/mol. The van der Waals surface area contributed by atoms with Crippen molar-refractivity contribution >= 4 is 5.97 Å². The minimum atomic E-state index is -0.490. The van der Waals surface area contributed by atoms with E-state index in [9.17, 15) is 4.79 Å². The van der Waals surface area contributed by atoms with Gasteiger partial charge in [-0.3, -0.25) is 4.79 Å². The average molecular weight is 290 g/mol. The van der Waals surface area contributed by atoms with Crippen molar-refractivity contribution in [1.29, 1.82) is 0 Å². The quantitative estimate of drug-likeness (QED) is 0.595. The molecule has 0 radical (unpaired) electrons. The maximum Gasteiger partial charge on any atom is 0.321 e. The minimum absolute atomic E-state index is 0.265. The van der Waals surface area contributed by atoms with Crippen molar-refractivity contribution in [3.8, 4) is 5.75 Å². The Morgan fingerprint density at radius 3 is 2.29 bits per heavy atom. The Morgan fingerprint density at radius 2 is 1.86 bits per heavy atom. The Kier molecular flexibility index (Phi) is 5.26. The molecule has 2 rings (SSSR count). The highest BCUT2D eigenvalue weighted by atomic mass is 16.5. The molecule has 1 aromatic rings. The lowest BCUT2D eigenvalue weighted by Gasteiger charge is -2.26. The van der Waals surface area contributed by atoms with Crippen molar-refractivity contribution in [2.75, 3.05) is 20.8 Å². The first-order valence-corrected chi connectivity index (χ1v) is 7.27. The van der Waals surface area contributed by atoms with Gasteiger partial charge < -0.3 is 14.2 Å². The SMILES string of the molecule is CCOC(=O)C(C(OC)=C1CCC1)c1ccc(OC)cc1. The summed E-state index contributed by atoms with van der Waals surface area (Å²) >= 11 is 0. The summed E-state index contributed by atoms with van der Waals surface area (Å²) in [7, 11) is 3.24. The third-order valence-electron chi connectivity index (χ3n) is 3.76. The molecule has 21 heavy (non-hydrogen) atoms. The molecule has 4 heteroatoms. The fourth-order valence-electron chi connectivity index (χ4n) is 2.48.